The summed E-state index contributed by atoms with van der Waals surface area (Å²) in [6.07, 6.45) is 0. The van der Waals surface area contributed by atoms with Gasteiger partial charge in [0.2, 0.25) is 0 Å². The van der Waals surface area contributed by atoms with Crippen molar-refractivity contribution >= 4 is 11.4 Å². The zero-order chi connectivity index (χ0) is 14.6. The van der Waals surface area contributed by atoms with E-state index in [2.05, 4.69) is 82.4 Å². The molecule has 0 spiro atoms. The van der Waals surface area contributed by atoms with Gasteiger partial charge >= 0.3 is 0 Å². The number of hydrogen-bond acceptors (Lipinski definition) is 2. The Kier molecular flexibility index (Phi) is 5.22. The lowest BCUT2D eigenvalue weighted by Crippen LogP contribution is -2.21. The number of allylic oxidation sites excluding steroid dienone is 1. The van der Waals surface area contributed by atoms with E-state index < -0.39 is 0 Å². The predicted octanol–water partition coefficient (Wildman–Crippen LogP) is 4.26. The fourth-order valence-electron chi connectivity index (χ4n) is 1.89. The van der Waals surface area contributed by atoms with Crippen LogP contribution < -0.4 is 10.2 Å². The molecule has 0 aliphatic carbocycles. The minimum atomic E-state index is 0.388. The smallest absolute Gasteiger partial charge is 0.0412 e. The average Bonchev–Trinajstić information content (AvgIpc) is 2.36. The minimum Gasteiger partial charge on any atom is -0.383 e. The Morgan fingerprint density at radius 2 is 1.79 bits per heavy atom. The third-order valence-corrected chi connectivity index (χ3v) is 3.14. The van der Waals surface area contributed by atoms with E-state index in [4.69, 9.17) is 0 Å². The number of nitrogens with one attached hydrogen (secondary N) is 1. The van der Waals surface area contributed by atoms with Crippen LogP contribution in [0.15, 0.2) is 43.1 Å². The van der Waals surface area contributed by atoms with Crippen molar-refractivity contribution in [3.63, 3.8) is 0 Å². The van der Waals surface area contributed by atoms with Crippen LogP contribution in [0.4, 0.5) is 5.69 Å². The molecule has 0 unspecified atom stereocenters. The number of nitrogens with zero attached hydrogens (tertiary/aromatic N) is 1. The van der Waals surface area contributed by atoms with E-state index in [0.717, 1.165) is 22.6 Å². The van der Waals surface area contributed by atoms with Crippen molar-refractivity contribution in [3.8, 4) is 0 Å². The van der Waals surface area contributed by atoms with Gasteiger partial charge in [0.1, 0.15) is 0 Å². The van der Waals surface area contributed by atoms with Gasteiger partial charge in [-0.2, -0.15) is 0 Å². The first-order chi connectivity index (χ1) is 8.82. The first-order valence-corrected chi connectivity index (χ1v) is 6.81. The molecule has 0 aliphatic heterocycles. The van der Waals surface area contributed by atoms with Crippen molar-refractivity contribution < 1.29 is 0 Å². The molecule has 2 heteroatoms. The van der Waals surface area contributed by atoms with Crippen molar-refractivity contribution in [2.45, 2.75) is 33.7 Å². The number of rotatable bonds is 6. The number of hydrogen-bond donors (Lipinski definition) is 1. The molecule has 2 nitrogen and oxygen atoms in total. The lowest BCUT2D eigenvalue weighted by molar-refractivity contribution is 0.718. The maximum atomic E-state index is 4.14. The van der Waals surface area contributed by atoms with Crippen LogP contribution in [0.5, 0.6) is 0 Å². The molecular weight excluding hydrogens is 232 g/mol. The predicted molar refractivity (Wildman–Crippen MR) is 86.1 cm³/mol. The molecule has 1 aromatic carbocycles. The van der Waals surface area contributed by atoms with E-state index in [1.165, 1.54) is 0 Å². The van der Waals surface area contributed by atoms with Gasteiger partial charge in [-0.25, -0.2) is 0 Å². The molecular formula is C17H26N2. The summed E-state index contributed by atoms with van der Waals surface area (Å²) in [5.74, 6) is 0.436. The largest absolute Gasteiger partial charge is 0.383 e. The van der Waals surface area contributed by atoms with Crippen LogP contribution in [0.3, 0.4) is 0 Å². The summed E-state index contributed by atoms with van der Waals surface area (Å²) in [7, 11) is 2.06. The van der Waals surface area contributed by atoms with Crippen LogP contribution >= 0.6 is 0 Å². The number of anilines is 1. The van der Waals surface area contributed by atoms with Gasteiger partial charge in [0.05, 0.1) is 0 Å². The quantitative estimate of drug-likeness (QED) is 0.820. The fourth-order valence-corrected chi connectivity index (χ4v) is 1.89. The Morgan fingerprint density at radius 1 is 1.16 bits per heavy atom. The minimum absolute atomic E-state index is 0.388. The highest BCUT2D eigenvalue weighted by molar-refractivity contribution is 5.67. The molecule has 0 bridgehead atoms. The zero-order valence-corrected chi connectivity index (χ0v) is 12.8. The van der Waals surface area contributed by atoms with E-state index in [-0.39, 0.29) is 0 Å². The second-order valence-corrected chi connectivity index (χ2v) is 5.53. The maximum Gasteiger partial charge on any atom is 0.0412 e. The van der Waals surface area contributed by atoms with Crippen LogP contribution in [0.25, 0.3) is 5.70 Å². The van der Waals surface area contributed by atoms with Gasteiger partial charge in [0.15, 0.2) is 0 Å². The van der Waals surface area contributed by atoms with Crippen LogP contribution in [0, 0.1) is 5.92 Å². The first kappa shape index (κ1) is 15.4. The van der Waals surface area contributed by atoms with Crippen LogP contribution in [-0.2, 0) is 0 Å². The highest BCUT2D eigenvalue weighted by Gasteiger charge is 2.10. The lowest BCUT2D eigenvalue weighted by atomic mass is 10.1. The Labute approximate surface area is 117 Å². The van der Waals surface area contributed by atoms with E-state index >= 15 is 0 Å². The molecule has 0 aliphatic rings. The van der Waals surface area contributed by atoms with Gasteiger partial charge in [0, 0.05) is 30.2 Å². The van der Waals surface area contributed by atoms with Crippen molar-refractivity contribution in [3.05, 3.63) is 48.7 Å². The highest BCUT2D eigenvalue weighted by atomic mass is 15.1. The Balaban J connectivity index is 2.94. The van der Waals surface area contributed by atoms with E-state index in [1.807, 2.05) is 0 Å². The summed E-state index contributed by atoms with van der Waals surface area (Å²) in [5.41, 5.74) is 4.33. The van der Waals surface area contributed by atoms with Crippen molar-refractivity contribution in [1.82, 2.24) is 5.32 Å². The standard InChI is InChI=1S/C17H26N2/c1-12(2)15(6)19(7)17-10-8-9-16(11-17)14(5)18-13(3)4/h8-13,18H,5-6H2,1-4,7H3. The van der Waals surface area contributed by atoms with E-state index in [1.54, 1.807) is 0 Å². The van der Waals surface area contributed by atoms with Crippen molar-refractivity contribution in [2.24, 2.45) is 5.92 Å². The summed E-state index contributed by atoms with van der Waals surface area (Å²) in [5, 5.41) is 3.34. The first-order valence-electron chi connectivity index (χ1n) is 6.81. The van der Waals surface area contributed by atoms with Crippen LogP contribution in [0.1, 0.15) is 33.3 Å². The summed E-state index contributed by atoms with van der Waals surface area (Å²) in [6.45, 7) is 16.8. The second-order valence-electron chi connectivity index (χ2n) is 5.53. The molecule has 0 saturated heterocycles. The molecule has 0 heterocycles. The lowest BCUT2D eigenvalue weighted by Gasteiger charge is -2.25. The molecule has 0 aromatic heterocycles. The van der Waals surface area contributed by atoms with Crippen molar-refractivity contribution in [1.29, 1.82) is 0 Å². The monoisotopic (exact) mass is 258 g/mol. The molecule has 104 valence electrons. The van der Waals surface area contributed by atoms with Gasteiger partial charge in [-0.3, -0.25) is 0 Å². The molecule has 0 amide bonds. The summed E-state index contributed by atoms with van der Waals surface area (Å²) in [6, 6.07) is 8.76. The second kappa shape index (κ2) is 6.46. The van der Waals surface area contributed by atoms with Crippen molar-refractivity contribution in [2.75, 3.05) is 11.9 Å². The maximum absolute atomic E-state index is 4.14. The normalized spacial score (nSPS) is 10.7. The number of benzene rings is 1. The molecule has 0 radical (unpaired) electrons. The molecule has 19 heavy (non-hydrogen) atoms. The van der Waals surface area contributed by atoms with Crippen LogP contribution in [0.2, 0.25) is 0 Å². The van der Waals surface area contributed by atoms with Gasteiger partial charge in [0.25, 0.3) is 0 Å². The van der Waals surface area contributed by atoms with E-state index in [0.29, 0.717) is 12.0 Å². The molecule has 1 aromatic rings. The SMILES string of the molecule is C=C(NC(C)C)c1cccc(N(C)C(=C)C(C)C)c1. The molecule has 0 atom stereocenters. The van der Waals surface area contributed by atoms with Gasteiger partial charge < -0.3 is 10.2 Å². The third-order valence-electron chi connectivity index (χ3n) is 3.14. The third kappa shape index (κ3) is 4.16. The summed E-state index contributed by atoms with van der Waals surface area (Å²) >= 11 is 0. The Bertz CT molecular complexity index is 458. The van der Waals surface area contributed by atoms with Gasteiger partial charge in [-0.15, -0.1) is 0 Å². The Hall–Kier alpha value is -1.70. The zero-order valence-electron chi connectivity index (χ0n) is 12.8. The summed E-state index contributed by atoms with van der Waals surface area (Å²) in [4.78, 5) is 2.14. The molecule has 0 saturated carbocycles. The highest BCUT2D eigenvalue weighted by Crippen LogP contribution is 2.23. The molecule has 1 N–H and O–H groups in total. The van der Waals surface area contributed by atoms with E-state index in [9.17, 15) is 0 Å². The topological polar surface area (TPSA) is 15.3 Å². The van der Waals surface area contributed by atoms with Gasteiger partial charge in [-0.05, 0) is 37.5 Å². The fraction of sp³-hybridized carbons (Fsp3) is 0.412. The average molecular weight is 258 g/mol. The summed E-state index contributed by atoms with van der Waals surface area (Å²) < 4.78 is 0. The molecule has 0 fully saturated rings. The van der Waals surface area contributed by atoms with Gasteiger partial charge in [-0.1, -0.05) is 39.1 Å². The van der Waals surface area contributed by atoms with Crippen LogP contribution in [-0.4, -0.2) is 13.1 Å². The Morgan fingerprint density at radius 3 is 2.32 bits per heavy atom. The molecule has 1 rings (SSSR count).